The molecule has 1 aromatic rings. The van der Waals surface area contributed by atoms with Crippen molar-refractivity contribution >= 4 is 38.4 Å². The first-order chi connectivity index (χ1) is 8.86. The third-order valence-corrected chi connectivity index (χ3v) is 5.42. The van der Waals surface area contributed by atoms with Crippen molar-refractivity contribution in [1.82, 2.24) is 4.72 Å². The molecule has 1 saturated carbocycles. The van der Waals surface area contributed by atoms with Crippen LogP contribution in [0.1, 0.15) is 19.3 Å². The van der Waals surface area contributed by atoms with Crippen molar-refractivity contribution in [3.63, 3.8) is 0 Å². The summed E-state index contributed by atoms with van der Waals surface area (Å²) in [4.78, 5) is 0.197. The molecule has 1 aromatic carbocycles. The molecule has 0 amide bonds. The summed E-state index contributed by atoms with van der Waals surface area (Å²) >= 11 is 3.27. The number of nitrogens with one attached hydrogen (secondary N) is 1. The largest absolute Gasteiger partial charge is 0.496 e. The van der Waals surface area contributed by atoms with E-state index in [2.05, 4.69) is 20.7 Å². The second kappa shape index (κ2) is 6.62. The first-order valence-corrected chi connectivity index (χ1v) is 8.26. The van der Waals surface area contributed by atoms with Gasteiger partial charge in [0.2, 0.25) is 10.0 Å². The molecule has 8 heteroatoms. The van der Waals surface area contributed by atoms with Crippen LogP contribution in [0.4, 0.5) is 0 Å². The molecule has 20 heavy (non-hydrogen) atoms. The maximum Gasteiger partial charge on any atom is 0.240 e. The molecule has 114 valence electrons. The summed E-state index contributed by atoms with van der Waals surface area (Å²) in [6.45, 7) is 0.277. The second-order valence-electron chi connectivity index (χ2n) is 4.84. The molecule has 5 nitrogen and oxygen atoms in total. The van der Waals surface area contributed by atoms with Gasteiger partial charge in [-0.1, -0.05) is 0 Å². The van der Waals surface area contributed by atoms with E-state index in [1.165, 1.54) is 19.2 Å². The number of ether oxygens (including phenoxy) is 1. The Balaban J connectivity index is 0.00000200. The smallest absolute Gasteiger partial charge is 0.240 e. The van der Waals surface area contributed by atoms with Crippen LogP contribution >= 0.6 is 28.3 Å². The van der Waals surface area contributed by atoms with Gasteiger partial charge in [-0.3, -0.25) is 0 Å². The van der Waals surface area contributed by atoms with Crippen LogP contribution in [-0.2, 0) is 10.0 Å². The Morgan fingerprint density at radius 2 is 2.10 bits per heavy atom. The number of halogens is 2. The molecule has 0 unspecified atom stereocenters. The monoisotopic (exact) mass is 384 g/mol. The van der Waals surface area contributed by atoms with Crippen LogP contribution in [0.3, 0.4) is 0 Å². The molecule has 0 saturated heterocycles. The number of methoxy groups -OCH3 is 1. The highest BCUT2D eigenvalue weighted by molar-refractivity contribution is 9.10. The zero-order valence-corrected chi connectivity index (χ0v) is 14.3. The van der Waals surface area contributed by atoms with E-state index in [9.17, 15) is 8.42 Å². The van der Waals surface area contributed by atoms with Gasteiger partial charge < -0.3 is 10.5 Å². The Morgan fingerprint density at radius 1 is 1.45 bits per heavy atom. The van der Waals surface area contributed by atoms with E-state index in [0.717, 1.165) is 19.3 Å². The van der Waals surface area contributed by atoms with Gasteiger partial charge in [0.25, 0.3) is 0 Å². The third kappa shape index (κ3) is 3.85. The molecule has 0 aliphatic heterocycles. The second-order valence-corrected chi connectivity index (χ2v) is 7.46. The molecular weight excluding hydrogens is 368 g/mol. The van der Waals surface area contributed by atoms with Crippen LogP contribution in [0.15, 0.2) is 27.6 Å². The van der Waals surface area contributed by atoms with Gasteiger partial charge in [0.15, 0.2) is 0 Å². The minimum atomic E-state index is -3.53. The fourth-order valence-corrected chi connectivity index (χ4v) is 3.80. The average molecular weight is 386 g/mol. The molecule has 1 fully saturated rings. The van der Waals surface area contributed by atoms with Crippen molar-refractivity contribution in [2.75, 3.05) is 13.7 Å². The normalized spacial score (nSPS) is 16.9. The van der Waals surface area contributed by atoms with E-state index in [4.69, 9.17) is 10.5 Å². The molecule has 1 aliphatic rings. The van der Waals surface area contributed by atoms with Crippen LogP contribution < -0.4 is 15.2 Å². The summed E-state index contributed by atoms with van der Waals surface area (Å²) in [6, 6.07) is 4.64. The van der Waals surface area contributed by atoms with E-state index in [1.54, 1.807) is 6.07 Å². The summed E-state index contributed by atoms with van der Waals surface area (Å²) in [7, 11) is -2.00. The van der Waals surface area contributed by atoms with Crippen molar-refractivity contribution < 1.29 is 13.2 Å². The Labute approximate surface area is 133 Å². The number of nitrogens with two attached hydrogens (primary N) is 1. The minimum Gasteiger partial charge on any atom is -0.496 e. The average Bonchev–Trinajstić information content (AvgIpc) is 2.34. The van der Waals surface area contributed by atoms with Gasteiger partial charge in [-0.05, 0) is 53.4 Å². The quantitative estimate of drug-likeness (QED) is 0.812. The van der Waals surface area contributed by atoms with E-state index < -0.39 is 10.0 Å². The van der Waals surface area contributed by atoms with Crippen LogP contribution in [-0.4, -0.2) is 27.6 Å². The predicted octanol–water partition coefficient (Wildman–Crippen LogP) is 2.04. The highest BCUT2D eigenvalue weighted by Gasteiger charge is 2.33. The molecule has 0 aromatic heterocycles. The molecule has 1 aliphatic carbocycles. The van der Waals surface area contributed by atoms with Crippen LogP contribution in [0, 0.1) is 0 Å². The number of rotatable bonds is 5. The number of benzene rings is 1. The standard InChI is InChI=1S/C12H17BrN2O3S.ClH/c1-18-11-4-3-9(7-10(11)13)19(16,17)15-8-12(14)5-2-6-12;/h3-4,7,15H,2,5-6,8,14H2,1H3;1H. The summed E-state index contributed by atoms with van der Waals surface area (Å²) in [6.07, 6.45) is 2.79. The van der Waals surface area contributed by atoms with Gasteiger partial charge in [-0.15, -0.1) is 12.4 Å². The molecule has 3 N–H and O–H groups in total. The van der Waals surface area contributed by atoms with Crippen molar-refractivity contribution in [3.8, 4) is 5.75 Å². The Hall–Kier alpha value is -0.340. The topological polar surface area (TPSA) is 81.4 Å². The molecule has 0 spiro atoms. The van der Waals surface area contributed by atoms with E-state index in [-0.39, 0.29) is 29.4 Å². The molecule has 0 bridgehead atoms. The van der Waals surface area contributed by atoms with E-state index >= 15 is 0 Å². The fraction of sp³-hybridized carbons (Fsp3) is 0.500. The highest BCUT2D eigenvalue weighted by Crippen LogP contribution is 2.30. The maximum absolute atomic E-state index is 12.1. The van der Waals surface area contributed by atoms with E-state index in [0.29, 0.717) is 10.2 Å². The lowest BCUT2D eigenvalue weighted by Crippen LogP contribution is -2.54. The number of hydrogen-bond donors (Lipinski definition) is 2. The summed E-state index contributed by atoms with van der Waals surface area (Å²) in [5.74, 6) is 0.591. The lowest BCUT2D eigenvalue weighted by Gasteiger charge is -2.38. The zero-order valence-electron chi connectivity index (χ0n) is 11.1. The first-order valence-electron chi connectivity index (χ1n) is 5.98. The van der Waals surface area contributed by atoms with Crippen molar-refractivity contribution in [3.05, 3.63) is 22.7 Å². The zero-order chi connectivity index (χ0) is 14.1. The van der Waals surface area contributed by atoms with Crippen molar-refractivity contribution in [1.29, 1.82) is 0 Å². The summed E-state index contributed by atoms with van der Waals surface area (Å²) in [5.41, 5.74) is 5.63. The molecule has 0 radical (unpaired) electrons. The van der Waals surface area contributed by atoms with Gasteiger partial charge in [0, 0.05) is 12.1 Å². The van der Waals surface area contributed by atoms with Gasteiger partial charge in [0.1, 0.15) is 5.75 Å². The van der Waals surface area contributed by atoms with Crippen LogP contribution in [0.5, 0.6) is 5.75 Å². The van der Waals surface area contributed by atoms with Gasteiger partial charge in [-0.25, -0.2) is 13.1 Å². The maximum atomic E-state index is 12.1. The molecule has 0 atom stereocenters. The third-order valence-electron chi connectivity index (χ3n) is 3.40. The molecular formula is C12H18BrClN2O3S. The summed E-state index contributed by atoms with van der Waals surface area (Å²) < 4.78 is 32.5. The van der Waals surface area contributed by atoms with Crippen LogP contribution in [0.25, 0.3) is 0 Å². The van der Waals surface area contributed by atoms with Gasteiger partial charge >= 0.3 is 0 Å². The number of hydrogen-bond acceptors (Lipinski definition) is 4. The first kappa shape index (κ1) is 17.7. The van der Waals surface area contributed by atoms with Crippen LogP contribution in [0.2, 0.25) is 0 Å². The lowest BCUT2D eigenvalue weighted by molar-refractivity contribution is 0.251. The SMILES string of the molecule is COc1ccc(S(=O)(=O)NCC2(N)CCC2)cc1Br.Cl. The highest BCUT2D eigenvalue weighted by atomic mass is 79.9. The van der Waals surface area contributed by atoms with Crippen molar-refractivity contribution in [2.45, 2.75) is 29.7 Å². The van der Waals surface area contributed by atoms with Crippen molar-refractivity contribution in [2.24, 2.45) is 5.73 Å². The van der Waals surface area contributed by atoms with E-state index in [1.807, 2.05) is 0 Å². The fourth-order valence-electron chi connectivity index (χ4n) is 1.94. The number of sulfonamides is 1. The Morgan fingerprint density at radius 3 is 2.55 bits per heavy atom. The summed E-state index contributed by atoms with van der Waals surface area (Å²) in [5, 5.41) is 0. The lowest BCUT2D eigenvalue weighted by atomic mass is 9.78. The molecule has 2 rings (SSSR count). The Kier molecular flexibility index (Phi) is 5.86. The molecule has 0 heterocycles. The minimum absolute atomic E-state index is 0. The predicted molar refractivity (Wildman–Crippen MR) is 83.9 cm³/mol. The Bertz CT molecular complexity index is 576. The van der Waals surface area contributed by atoms with Gasteiger partial charge in [0.05, 0.1) is 16.5 Å². The van der Waals surface area contributed by atoms with Gasteiger partial charge in [-0.2, -0.15) is 0 Å².